The molecule has 6 rings (SSSR count). The minimum absolute atomic E-state index is 0.0180. The first-order valence-electron chi connectivity index (χ1n) is 25.7. The number of guanidine groups is 2. The van der Waals surface area contributed by atoms with Gasteiger partial charge in [0.25, 0.3) is 0 Å². The summed E-state index contributed by atoms with van der Waals surface area (Å²) < 4.78 is 0. The second-order valence-electron chi connectivity index (χ2n) is 19.5. The third-order valence-electron chi connectivity index (χ3n) is 14.4. The maximum atomic E-state index is 14.6. The molecule has 406 valence electrons. The Morgan fingerprint density at radius 2 is 1.29 bits per heavy atom. The molecule has 24 heteroatoms. The molecule has 0 unspecified atom stereocenters. The van der Waals surface area contributed by atoms with Gasteiger partial charge in [0.15, 0.2) is 11.9 Å². The number of carbonyl (C=O) groups is 9. The van der Waals surface area contributed by atoms with Crippen LogP contribution in [0.15, 0.2) is 70.6 Å². The number of hydrogen-bond donors (Lipinski definition) is 10. The van der Waals surface area contributed by atoms with Crippen LogP contribution in [0.2, 0.25) is 0 Å². The van der Waals surface area contributed by atoms with E-state index < -0.39 is 95.8 Å². The molecule has 2 aromatic carbocycles. The van der Waals surface area contributed by atoms with Crippen LogP contribution in [0.25, 0.3) is 0 Å². The molecule has 4 aliphatic heterocycles. The normalized spacial score (nSPS) is 21.6. The average Bonchev–Trinajstić information content (AvgIpc) is 4.20. The van der Waals surface area contributed by atoms with Crippen LogP contribution in [0.3, 0.4) is 0 Å². The molecule has 4 heterocycles. The van der Waals surface area contributed by atoms with Gasteiger partial charge in [-0.2, -0.15) is 0 Å². The predicted molar refractivity (Wildman–Crippen MR) is 276 cm³/mol. The summed E-state index contributed by atoms with van der Waals surface area (Å²) in [6.07, 6.45) is 4.78. The van der Waals surface area contributed by atoms with E-state index in [0.29, 0.717) is 69.8 Å². The highest BCUT2D eigenvalue weighted by atomic mass is 16.4. The summed E-state index contributed by atoms with van der Waals surface area (Å²) in [6, 6.07) is 11.1. The summed E-state index contributed by atoms with van der Waals surface area (Å²) in [6.45, 7) is 0.776. The van der Waals surface area contributed by atoms with Crippen molar-refractivity contribution in [2.75, 3.05) is 39.3 Å². The Labute approximate surface area is 435 Å². The van der Waals surface area contributed by atoms with Crippen molar-refractivity contribution < 1.29 is 48.3 Å². The molecule has 75 heavy (non-hydrogen) atoms. The second-order valence-corrected chi connectivity index (χ2v) is 19.5. The minimum Gasteiger partial charge on any atom is -0.480 e. The van der Waals surface area contributed by atoms with Gasteiger partial charge >= 0.3 is 5.97 Å². The zero-order valence-corrected chi connectivity index (χ0v) is 42.2. The van der Waals surface area contributed by atoms with Gasteiger partial charge in [-0.3, -0.25) is 48.9 Å². The van der Waals surface area contributed by atoms with Crippen molar-refractivity contribution in [2.45, 2.75) is 138 Å². The van der Waals surface area contributed by atoms with Crippen LogP contribution in [0.5, 0.6) is 0 Å². The Bertz CT molecular complexity index is 2420. The lowest BCUT2D eigenvalue weighted by Crippen LogP contribution is -2.67. The number of carboxylic acids is 1. The molecular weight excluding hydrogens is 969 g/mol. The number of fused-ring (bicyclic) bond motifs is 1. The van der Waals surface area contributed by atoms with Crippen molar-refractivity contribution in [3.8, 4) is 0 Å². The fraction of sp³-hybridized carbons (Fsp3) is 0.549. The molecule has 4 saturated heterocycles. The lowest BCUT2D eigenvalue weighted by Gasteiger charge is -2.44. The molecule has 24 nitrogen and oxygen atoms in total. The van der Waals surface area contributed by atoms with Gasteiger partial charge in [0, 0.05) is 39.1 Å². The fourth-order valence-corrected chi connectivity index (χ4v) is 10.5. The molecule has 8 atom stereocenters. The highest BCUT2D eigenvalue weighted by molar-refractivity contribution is 5.99. The first-order chi connectivity index (χ1) is 36.0. The molecule has 4 aliphatic rings. The highest BCUT2D eigenvalue weighted by Crippen LogP contribution is 2.39. The molecule has 0 aromatic heterocycles. The van der Waals surface area contributed by atoms with E-state index in [1.165, 1.54) is 14.7 Å². The number of carbonyl (C=O) groups excluding carboxylic acids is 8. The molecular formula is C51H72N14O10. The number of rotatable bonds is 26. The van der Waals surface area contributed by atoms with Gasteiger partial charge in [-0.15, -0.1) is 0 Å². The zero-order valence-electron chi connectivity index (χ0n) is 42.2. The number of nitrogens with one attached hydrogen (secondary N) is 5. The van der Waals surface area contributed by atoms with Crippen LogP contribution in [0, 0.1) is 0 Å². The number of hydrogen-bond acceptors (Lipinski definition) is 12. The number of nitrogens with two attached hydrogens (primary N) is 4. The summed E-state index contributed by atoms with van der Waals surface area (Å²) >= 11 is 0. The van der Waals surface area contributed by atoms with Crippen molar-refractivity contribution in [2.24, 2.45) is 32.9 Å². The van der Waals surface area contributed by atoms with Gasteiger partial charge in [0.2, 0.25) is 41.4 Å². The Kier molecular flexibility index (Phi) is 20.4. The predicted octanol–water partition coefficient (Wildman–Crippen LogP) is -2.10. The third kappa shape index (κ3) is 15.2. The van der Waals surface area contributed by atoms with Gasteiger partial charge in [-0.25, -0.2) is 4.79 Å². The first-order valence-corrected chi connectivity index (χ1v) is 25.7. The Morgan fingerprint density at radius 1 is 0.693 bits per heavy atom. The van der Waals surface area contributed by atoms with Crippen LogP contribution in [-0.4, -0.2) is 172 Å². The quantitative estimate of drug-likeness (QED) is 0.0209. The Hall–Kier alpha value is -7.63. The number of carboxylic acid groups (broad SMARTS) is 1. The van der Waals surface area contributed by atoms with E-state index in [2.05, 4.69) is 36.6 Å². The number of aliphatic carboxylic acids is 1. The SMILES string of the molecule is NC(N)=NCCC[C@@H](C=O)NC(=O)[C@@H]1CCCN1C(=O)[C@@H]1CCCN1C(=O)CNC(=O)[C@H](Cc1ccccc1)N[C@@H]1CC[C@@]2(C(=O)N[C@@H](Cc3ccccc3)C(=O)N[C@@H](CCCN=C(N)N)C(=O)O)CCCN2C1=O. The molecule has 0 radical (unpaired) electrons. The van der Waals surface area contributed by atoms with Crippen LogP contribution in [0.1, 0.15) is 88.2 Å². The number of aliphatic imine (C=N–C) groups is 2. The van der Waals surface area contributed by atoms with E-state index in [0.717, 1.165) is 5.56 Å². The van der Waals surface area contributed by atoms with Gasteiger partial charge in [0.1, 0.15) is 36.0 Å². The number of benzene rings is 2. The standard InChI is InChI=1S/C51H72N14O10/c52-49(53)56-23-7-16-34(31-66)59-44(70)39-18-9-26-64(39)46(72)40-19-10-25-63(40)41(67)30-58-42(68)37(28-32-12-3-1-4-13-32)60-35-20-22-51(21-11-27-65(51)45(35)71)48(75)62-38(29-33-14-5-2-6-15-33)43(69)61-36(47(73)74)17-8-24-57-50(54)55/h1-6,12-15,31,34-40,60H,7-11,16-30H2,(H,58,68)(H,59,70)(H,61,69)(H,62,75)(H,73,74)(H4,52,53,56)(H4,54,55,57)/t34-,35+,36-,37-,38-,39-,40-,51+/m0/s1. The molecule has 0 spiro atoms. The maximum absolute atomic E-state index is 14.6. The van der Waals surface area contributed by atoms with Gasteiger partial charge in [0.05, 0.1) is 24.7 Å². The summed E-state index contributed by atoms with van der Waals surface area (Å²) in [5.74, 6) is -5.11. The molecule has 0 bridgehead atoms. The molecule has 0 aliphatic carbocycles. The highest BCUT2D eigenvalue weighted by Gasteiger charge is 2.55. The van der Waals surface area contributed by atoms with Gasteiger partial charge in [-0.05, 0) is 94.6 Å². The van der Waals surface area contributed by atoms with Gasteiger partial charge < -0.3 is 68.8 Å². The number of likely N-dealkylation sites (tertiary alicyclic amines) is 2. The number of amides is 7. The monoisotopic (exact) mass is 1040 g/mol. The van der Waals surface area contributed by atoms with Crippen LogP contribution in [-0.2, 0) is 56.0 Å². The van der Waals surface area contributed by atoms with Crippen molar-refractivity contribution in [3.63, 3.8) is 0 Å². The van der Waals surface area contributed by atoms with E-state index in [-0.39, 0.29) is 82.5 Å². The molecule has 2 aromatic rings. The third-order valence-corrected chi connectivity index (χ3v) is 14.4. The summed E-state index contributed by atoms with van der Waals surface area (Å²) in [5, 5.41) is 24.1. The van der Waals surface area contributed by atoms with Gasteiger partial charge in [-0.1, -0.05) is 60.7 Å². The lowest BCUT2D eigenvalue weighted by molar-refractivity contribution is -0.152. The molecule has 7 amide bonds. The minimum atomic E-state index is -1.32. The van der Waals surface area contributed by atoms with E-state index in [9.17, 15) is 48.3 Å². The number of piperidine rings is 1. The van der Waals surface area contributed by atoms with Crippen LogP contribution in [0.4, 0.5) is 0 Å². The second kappa shape index (κ2) is 27.1. The lowest BCUT2D eigenvalue weighted by atomic mass is 9.82. The summed E-state index contributed by atoms with van der Waals surface area (Å²) in [7, 11) is 0. The molecule has 14 N–H and O–H groups in total. The summed E-state index contributed by atoms with van der Waals surface area (Å²) in [4.78, 5) is 135. The summed E-state index contributed by atoms with van der Waals surface area (Å²) in [5.41, 5.74) is 21.7. The van der Waals surface area contributed by atoms with E-state index in [4.69, 9.17) is 22.9 Å². The Balaban J connectivity index is 1.09. The fourth-order valence-electron chi connectivity index (χ4n) is 10.5. The van der Waals surface area contributed by atoms with Crippen molar-refractivity contribution in [3.05, 3.63) is 71.8 Å². The molecule has 0 saturated carbocycles. The van der Waals surface area contributed by atoms with E-state index >= 15 is 0 Å². The maximum Gasteiger partial charge on any atom is 0.326 e. The molecule has 4 fully saturated rings. The largest absolute Gasteiger partial charge is 0.480 e. The smallest absolute Gasteiger partial charge is 0.326 e. The number of nitrogens with zero attached hydrogens (tertiary/aromatic N) is 5. The van der Waals surface area contributed by atoms with E-state index in [1.54, 1.807) is 30.3 Å². The average molecular weight is 1040 g/mol. The topological polar surface area (TPSA) is 373 Å². The van der Waals surface area contributed by atoms with Crippen LogP contribution >= 0.6 is 0 Å². The van der Waals surface area contributed by atoms with Crippen LogP contribution < -0.4 is 49.5 Å². The van der Waals surface area contributed by atoms with Crippen molar-refractivity contribution in [1.29, 1.82) is 0 Å². The first kappa shape index (κ1) is 56.7. The zero-order chi connectivity index (χ0) is 54.1. The van der Waals surface area contributed by atoms with Crippen molar-refractivity contribution in [1.82, 2.24) is 41.3 Å². The Morgan fingerprint density at radius 3 is 1.91 bits per heavy atom. The van der Waals surface area contributed by atoms with Crippen molar-refractivity contribution >= 4 is 65.5 Å². The van der Waals surface area contributed by atoms with E-state index in [1.807, 2.05) is 30.3 Å². The number of aldehydes is 1.